The summed E-state index contributed by atoms with van der Waals surface area (Å²) in [5.74, 6) is -6.58. The zero-order valence-corrected chi connectivity index (χ0v) is 25.1. The zero-order valence-electron chi connectivity index (χ0n) is 23.5. The maximum absolute atomic E-state index is 15.5. The van der Waals surface area contributed by atoms with E-state index in [4.69, 9.17) is 16.3 Å². The molecule has 2 aromatic rings. The van der Waals surface area contributed by atoms with Crippen LogP contribution in [0.2, 0.25) is 5.02 Å². The Kier molecular flexibility index (Phi) is 7.85. The second-order valence-electron chi connectivity index (χ2n) is 11.6. The molecule has 4 rings (SSSR count). The van der Waals surface area contributed by atoms with E-state index in [1.807, 2.05) is 0 Å². The summed E-state index contributed by atoms with van der Waals surface area (Å²) in [6, 6.07) is 2.87. The maximum Gasteiger partial charge on any atom is 0.413 e. The summed E-state index contributed by atoms with van der Waals surface area (Å²) in [6.07, 6.45) is -1.16. The number of nitrogens with zero attached hydrogens (tertiary/aromatic N) is 4. The van der Waals surface area contributed by atoms with Crippen LogP contribution in [0, 0.1) is 11.6 Å². The van der Waals surface area contributed by atoms with Gasteiger partial charge in [0.15, 0.2) is 0 Å². The van der Waals surface area contributed by atoms with Gasteiger partial charge < -0.3 is 10.1 Å². The summed E-state index contributed by atoms with van der Waals surface area (Å²) in [4.78, 5) is 37.8. The molecule has 0 saturated carbocycles. The molecule has 0 fully saturated rings. The van der Waals surface area contributed by atoms with Crippen molar-refractivity contribution in [2.24, 2.45) is 9.36 Å². The number of ether oxygens (including phenoxy) is 1. The van der Waals surface area contributed by atoms with Crippen molar-refractivity contribution in [3.8, 4) is 0 Å². The van der Waals surface area contributed by atoms with Gasteiger partial charge in [0.1, 0.15) is 57.1 Å². The van der Waals surface area contributed by atoms with Gasteiger partial charge in [-0.25, -0.2) is 40.9 Å². The molecule has 0 aliphatic carbocycles. The number of hydrogen-bond acceptors (Lipinski definition) is 8. The molecule has 4 heterocycles. The zero-order chi connectivity index (χ0) is 31.5. The summed E-state index contributed by atoms with van der Waals surface area (Å²) in [5, 5.41) is 2.95. The third-order valence-corrected chi connectivity index (χ3v) is 10.7. The van der Waals surface area contributed by atoms with Crippen LogP contribution < -0.4 is 10.6 Å². The van der Waals surface area contributed by atoms with E-state index < -0.39 is 79.1 Å². The van der Waals surface area contributed by atoms with E-state index in [0.29, 0.717) is 0 Å². The smallest absolute Gasteiger partial charge is 0.413 e. The number of nitrogens with one attached hydrogen (secondary N) is 2. The number of fused-ring (bicyclic) bond motifs is 1. The topological polar surface area (TPSA) is 135 Å². The van der Waals surface area contributed by atoms with Crippen LogP contribution in [0.4, 0.5) is 28.2 Å². The predicted molar refractivity (Wildman–Crippen MR) is 148 cm³/mol. The van der Waals surface area contributed by atoms with Gasteiger partial charge in [0.2, 0.25) is 0 Å². The molecule has 2 aliphatic heterocycles. The quantitative estimate of drug-likeness (QED) is 0.431. The Labute approximate surface area is 244 Å². The predicted octanol–water partition coefficient (Wildman–Crippen LogP) is 5.47. The second kappa shape index (κ2) is 10.4. The number of amides is 2. The van der Waals surface area contributed by atoms with Crippen molar-refractivity contribution in [3.05, 3.63) is 52.4 Å². The molecule has 0 spiro atoms. The van der Waals surface area contributed by atoms with Crippen molar-refractivity contribution in [2.45, 2.75) is 75.0 Å². The van der Waals surface area contributed by atoms with Gasteiger partial charge in [-0.15, -0.1) is 0 Å². The lowest BCUT2D eigenvalue weighted by molar-refractivity contribution is -0.00694. The minimum atomic E-state index is -3.69. The van der Waals surface area contributed by atoms with Gasteiger partial charge in [-0.1, -0.05) is 11.6 Å². The number of anilines is 1. The van der Waals surface area contributed by atoms with Gasteiger partial charge in [-0.2, -0.15) is 0 Å². The number of amidine groups is 1. The highest BCUT2D eigenvalue weighted by atomic mass is 35.5. The van der Waals surface area contributed by atoms with Crippen molar-refractivity contribution in [2.75, 3.05) is 11.9 Å². The van der Waals surface area contributed by atoms with Crippen LogP contribution in [0.5, 0.6) is 0 Å². The number of alkyl carbamates (subject to hydrolysis) is 1. The first-order valence-electron chi connectivity index (χ1n) is 12.7. The summed E-state index contributed by atoms with van der Waals surface area (Å²) >= 11 is 5.91. The van der Waals surface area contributed by atoms with Crippen LogP contribution in [-0.4, -0.2) is 60.1 Å². The number of hydrogen-bond donors (Lipinski definition) is 2. The monoisotopic (exact) mass is 632 g/mol. The van der Waals surface area contributed by atoms with Crippen LogP contribution >= 0.6 is 11.6 Å². The first-order valence-corrected chi connectivity index (χ1v) is 14.6. The largest absolute Gasteiger partial charge is 0.444 e. The molecular formula is C26H29ClF4N6O4S. The normalized spacial score (nSPS) is 26.3. The summed E-state index contributed by atoms with van der Waals surface area (Å²) in [5.41, 5.74) is -3.88. The number of halogens is 5. The standard InChI is InChI=1S/C26H29ClF4N6O4S/c1-23(2,3)41-22(39)36-21-24(4,5)42(40)16(10-26(30,31)12-33-42)25(6,37-21)19-15(29)7-8-17(34-19)35-20(38)18-14(27)9-13(28)11-32-18/h7-9,11,16H,10,12H2,1-6H3,(H,34,35,38)(H,36,37,39)/t16-,25+,42-/m1/s1. The van der Waals surface area contributed by atoms with Crippen LogP contribution in [0.25, 0.3) is 0 Å². The second-order valence-corrected chi connectivity index (χ2v) is 15.0. The highest BCUT2D eigenvalue weighted by Crippen LogP contribution is 2.50. The highest BCUT2D eigenvalue weighted by Gasteiger charge is 2.61. The molecule has 2 N–H and O–H groups in total. The van der Waals surface area contributed by atoms with E-state index in [1.54, 1.807) is 20.8 Å². The fourth-order valence-electron chi connectivity index (χ4n) is 4.74. The first kappa shape index (κ1) is 31.6. The fourth-order valence-corrected chi connectivity index (χ4v) is 8.20. The van der Waals surface area contributed by atoms with Crippen molar-refractivity contribution in [1.29, 1.82) is 0 Å². The van der Waals surface area contributed by atoms with Crippen molar-refractivity contribution in [3.63, 3.8) is 0 Å². The van der Waals surface area contributed by atoms with E-state index in [1.165, 1.54) is 20.8 Å². The van der Waals surface area contributed by atoms with Crippen molar-refractivity contribution >= 4 is 45.0 Å². The van der Waals surface area contributed by atoms with E-state index in [9.17, 15) is 27.0 Å². The van der Waals surface area contributed by atoms with E-state index >= 15 is 4.39 Å². The average molecular weight is 633 g/mol. The molecule has 0 unspecified atom stereocenters. The van der Waals surface area contributed by atoms with Crippen LogP contribution in [0.3, 0.4) is 0 Å². The molecule has 0 saturated heterocycles. The molecule has 0 bridgehead atoms. The molecule has 0 aromatic carbocycles. The summed E-state index contributed by atoms with van der Waals surface area (Å²) in [7, 11) is -3.69. The van der Waals surface area contributed by atoms with Gasteiger partial charge in [0.05, 0.1) is 26.2 Å². The third kappa shape index (κ3) is 5.80. The number of carbonyl (C=O) groups is 2. The molecule has 2 aromatic heterocycles. The minimum Gasteiger partial charge on any atom is -0.444 e. The first-order chi connectivity index (χ1) is 19.2. The molecule has 10 nitrogen and oxygen atoms in total. The van der Waals surface area contributed by atoms with Crippen LogP contribution in [0.15, 0.2) is 33.8 Å². The summed E-state index contributed by atoms with van der Waals surface area (Å²) < 4.78 is 80.7. The average Bonchev–Trinajstić information content (AvgIpc) is 2.84. The highest BCUT2D eigenvalue weighted by molar-refractivity contribution is 7.96. The number of pyridine rings is 2. The molecule has 2 amide bonds. The Morgan fingerprint density at radius 2 is 1.81 bits per heavy atom. The lowest BCUT2D eigenvalue weighted by Crippen LogP contribution is -2.64. The van der Waals surface area contributed by atoms with E-state index in [-0.39, 0.29) is 22.4 Å². The van der Waals surface area contributed by atoms with Gasteiger partial charge in [-0.3, -0.25) is 15.1 Å². The van der Waals surface area contributed by atoms with Crippen LogP contribution in [0.1, 0.15) is 64.1 Å². The Bertz CT molecular complexity index is 1620. The molecule has 0 radical (unpaired) electrons. The SMILES string of the molecule is CC(C)(C)OC(=O)NC1=N[C@](C)(c2nc(NC(=O)c3ncc(F)cc3Cl)ccc2F)[C@H]2CC(F)(F)CN=[S@]2(=O)C1(C)C. The Balaban J connectivity index is 1.86. The summed E-state index contributed by atoms with van der Waals surface area (Å²) in [6.45, 7) is 7.94. The Hall–Kier alpha value is -3.33. The minimum absolute atomic E-state index is 0.229. The molecule has 228 valence electrons. The molecule has 42 heavy (non-hydrogen) atoms. The number of aromatic nitrogens is 2. The maximum atomic E-state index is 15.5. The lowest BCUT2D eigenvalue weighted by Gasteiger charge is -2.49. The van der Waals surface area contributed by atoms with Gasteiger partial charge in [0, 0.05) is 6.42 Å². The third-order valence-electron chi connectivity index (χ3n) is 6.84. The Morgan fingerprint density at radius 1 is 1.14 bits per heavy atom. The molecular weight excluding hydrogens is 604 g/mol. The van der Waals surface area contributed by atoms with Crippen LogP contribution in [-0.2, 0) is 20.0 Å². The number of carbonyl (C=O) groups excluding carboxylic acids is 2. The van der Waals surface area contributed by atoms with Crippen molar-refractivity contribution in [1.82, 2.24) is 15.3 Å². The van der Waals surface area contributed by atoms with E-state index in [0.717, 1.165) is 24.4 Å². The molecule has 3 atom stereocenters. The fraction of sp³-hybridized carbons (Fsp3) is 0.500. The van der Waals surface area contributed by atoms with Gasteiger partial charge >= 0.3 is 6.09 Å². The number of alkyl halides is 2. The molecule has 16 heteroatoms. The number of aliphatic imine (C=N–C) groups is 1. The lowest BCUT2D eigenvalue weighted by atomic mass is 9.88. The number of rotatable bonds is 3. The van der Waals surface area contributed by atoms with E-state index in [2.05, 4.69) is 30.0 Å². The Morgan fingerprint density at radius 3 is 2.43 bits per heavy atom. The molecule has 2 aliphatic rings. The van der Waals surface area contributed by atoms with Gasteiger partial charge in [0.25, 0.3) is 11.8 Å². The van der Waals surface area contributed by atoms with Gasteiger partial charge in [-0.05, 0) is 59.7 Å². The van der Waals surface area contributed by atoms with Crippen molar-refractivity contribution < 1.29 is 36.1 Å².